The Morgan fingerprint density at radius 3 is 2.92 bits per heavy atom. The molecular formula is C16H18N2O4S2. The smallest absolute Gasteiger partial charge is 0.326 e. The first-order chi connectivity index (χ1) is 11.5. The van der Waals surface area contributed by atoms with Crippen LogP contribution in [0.4, 0.5) is 0 Å². The largest absolute Gasteiger partial charge is 0.480 e. The van der Waals surface area contributed by atoms with Crippen LogP contribution in [0.2, 0.25) is 0 Å². The lowest BCUT2D eigenvalue weighted by Gasteiger charge is -2.24. The molecule has 24 heavy (non-hydrogen) atoms. The lowest BCUT2D eigenvalue weighted by atomic mass is 10.1. The minimum atomic E-state index is -1.05. The van der Waals surface area contributed by atoms with Crippen LogP contribution in [-0.4, -0.2) is 57.6 Å². The summed E-state index contributed by atoms with van der Waals surface area (Å²) in [7, 11) is 0. The maximum absolute atomic E-state index is 12.6. The van der Waals surface area contributed by atoms with Crippen molar-refractivity contribution >= 4 is 41.3 Å². The van der Waals surface area contributed by atoms with Gasteiger partial charge in [0.25, 0.3) is 5.91 Å². The standard InChI is InChI=1S/C16H18N2O4S2/c1-23-7-6-11(16(21)22)17-13(19)12-8-24-15-10-5-3-2-4-9(10)14(20)18(12)15/h2-5,11-12,15H,6-8H2,1H3,(H,17,19)(H,21,22)/t11-,12-,15-/m0/s1. The topological polar surface area (TPSA) is 86.7 Å². The second-order valence-electron chi connectivity index (χ2n) is 5.68. The molecule has 2 aliphatic heterocycles. The van der Waals surface area contributed by atoms with Crippen molar-refractivity contribution in [1.82, 2.24) is 10.2 Å². The predicted octanol–water partition coefficient (Wildman–Crippen LogP) is 1.58. The molecule has 0 aromatic heterocycles. The van der Waals surface area contributed by atoms with Crippen LogP contribution in [0.15, 0.2) is 24.3 Å². The summed E-state index contributed by atoms with van der Waals surface area (Å²) < 4.78 is 0. The van der Waals surface area contributed by atoms with Crippen LogP contribution in [0.1, 0.15) is 27.7 Å². The van der Waals surface area contributed by atoms with Crippen molar-refractivity contribution in [3.8, 4) is 0 Å². The molecule has 1 fully saturated rings. The molecule has 0 saturated carbocycles. The van der Waals surface area contributed by atoms with E-state index in [1.807, 2.05) is 24.5 Å². The molecule has 2 heterocycles. The lowest BCUT2D eigenvalue weighted by Crippen LogP contribution is -2.51. The van der Waals surface area contributed by atoms with Crippen LogP contribution in [0.25, 0.3) is 0 Å². The van der Waals surface area contributed by atoms with Gasteiger partial charge in [-0.25, -0.2) is 4.79 Å². The van der Waals surface area contributed by atoms with Crippen LogP contribution in [0.5, 0.6) is 0 Å². The predicted molar refractivity (Wildman–Crippen MR) is 94.2 cm³/mol. The van der Waals surface area contributed by atoms with Gasteiger partial charge in [0.1, 0.15) is 17.5 Å². The summed E-state index contributed by atoms with van der Waals surface area (Å²) in [5.41, 5.74) is 1.56. The van der Waals surface area contributed by atoms with Gasteiger partial charge in [0, 0.05) is 11.3 Å². The van der Waals surface area contributed by atoms with Crippen molar-refractivity contribution < 1.29 is 19.5 Å². The minimum absolute atomic E-state index is 0.154. The zero-order chi connectivity index (χ0) is 17.3. The maximum Gasteiger partial charge on any atom is 0.326 e. The van der Waals surface area contributed by atoms with Crippen molar-refractivity contribution in [2.24, 2.45) is 0 Å². The summed E-state index contributed by atoms with van der Waals surface area (Å²) in [4.78, 5) is 38.1. The Balaban J connectivity index is 1.74. The van der Waals surface area contributed by atoms with E-state index in [2.05, 4.69) is 5.32 Å². The van der Waals surface area contributed by atoms with Gasteiger partial charge in [-0.1, -0.05) is 18.2 Å². The Bertz CT molecular complexity index is 682. The minimum Gasteiger partial charge on any atom is -0.480 e. The molecule has 0 spiro atoms. The van der Waals surface area contributed by atoms with E-state index in [-0.39, 0.29) is 17.2 Å². The average molecular weight is 366 g/mol. The maximum atomic E-state index is 12.6. The number of carboxylic acid groups (broad SMARTS) is 1. The third-order valence-corrected chi connectivity index (χ3v) is 6.17. The number of amides is 2. The molecule has 6 nitrogen and oxygen atoms in total. The summed E-state index contributed by atoms with van der Waals surface area (Å²) in [5.74, 6) is -0.467. The molecule has 1 saturated heterocycles. The fraction of sp³-hybridized carbons (Fsp3) is 0.438. The van der Waals surface area contributed by atoms with Gasteiger partial charge in [-0.15, -0.1) is 11.8 Å². The number of nitrogens with one attached hydrogen (secondary N) is 1. The fourth-order valence-electron chi connectivity index (χ4n) is 3.00. The Hall–Kier alpha value is -1.67. The first kappa shape index (κ1) is 17.2. The number of nitrogens with zero attached hydrogens (tertiary/aromatic N) is 1. The number of benzene rings is 1. The van der Waals surface area contributed by atoms with Gasteiger partial charge in [0.15, 0.2) is 0 Å². The quantitative estimate of drug-likeness (QED) is 0.795. The number of carboxylic acids is 1. The third-order valence-electron chi connectivity index (χ3n) is 4.22. The molecule has 1 aromatic rings. The van der Waals surface area contributed by atoms with E-state index in [4.69, 9.17) is 0 Å². The molecule has 2 N–H and O–H groups in total. The molecule has 3 rings (SSSR count). The number of hydrogen-bond acceptors (Lipinski definition) is 5. The van der Waals surface area contributed by atoms with Gasteiger partial charge in [0.05, 0.1) is 0 Å². The van der Waals surface area contributed by atoms with E-state index < -0.39 is 18.1 Å². The van der Waals surface area contributed by atoms with Crippen molar-refractivity contribution in [3.05, 3.63) is 35.4 Å². The number of aliphatic carboxylic acids is 1. The average Bonchev–Trinajstić information content (AvgIpc) is 3.12. The summed E-state index contributed by atoms with van der Waals surface area (Å²) in [6.07, 6.45) is 2.25. The van der Waals surface area contributed by atoms with Gasteiger partial charge < -0.3 is 15.3 Å². The van der Waals surface area contributed by atoms with E-state index in [1.54, 1.807) is 22.7 Å². The second kappa shape index (κ2) is 7.06. The molecule has 0 unspecified atom stereocenters. The number of carbonyl (C=O) groups excluding carboxylic acids is 2. The van der Waals surface area contributed by atoms with Gasteiger partial charge in [-0.2, -0.15) is 11.8 Å². The SMILES string of the molecule is CSCC[C@H](NC(=O)[C@@H]1CS[C@H]2c3ccccc3C(=O)N12)C(=O)O. The number of thioether (sulfide) groups is 2. The molecule has 0 bridgehead atoms. The van der Waals surface area contributed by atoms with Crippen LogP contribution in [0.3, 0.4) is 0 Å². The van der Waals surface area contributed by atoms with Crippen LogP contribution >= 0.6 is 23.5 Å². The molecule has 8 heteroatoms. The molecule has 0 radical (unpaired) electrons. The van der Waals surface area contributed by atoms with E-state index in [1.165, 1.54) is 11.8 Å². The van der Waals surface area contributed by atoms with Crippen molar-refractivity contribution in [3.63, 3.8) is 0 Å². The molecule has 0 aliphatic carbocycles. The number of hydrogen-bond donors (Lipinski definition) is 2. The third kappa shape index (κ3) is 3.00. The molecule has 128 valence electrons. The Kier molecular flexibility index (Phi) is 5.05. The highest BCUT2D eigenvalue weighted by Crippen LogP contribution is 2.48. The Morgan fingerprint density at radius 2 is 2.21 bits per heavy atom. The second-order valence-corrected chi connectivity index (χ2v) is 7.78. The highest BCUT2D eigenvalue weighted by molar-refractivity contribution is 7.99. The highest BCUT2D eigenvalue weighted by atomic mass is 32.2. The van der Waals surface area contributed by atoms with Crippen molar-refractivity contribution in [1.29, 1.82) is 0 Å². The Morgan fingerprint density at radius 1 is 1.46 bits per heavy atom. The van der Waals surface area contributed by atoms with E-state index in [0.717, 1.165) is 5.56 Å². The number of carbonyl (C=O) groups is 3. The summed E-state index contributed by atoms with van der Waals surface area (Å²) in [5, 5.41) is 11.7. The normalized spacial score (nSPS) is 22.9. The van der Waals surface area contributed by atoms with Gasteiger partial charge in [0.2, 0.25) is 5.91 Å². The Labute approximate surface area is 148 Å². The van der Waals surface area contributed by atoms with E-state index >= 15 is 0 Å². The number of fused-ring (bicyclic) bond motifs is 3. The first-order valence-electron chi connectivity index (χ1n) is 7.60. The lowest BCUT2D eigenvalue weighted by molar-refractivity contribution is -0.142. The zero-order valence-corrected chi connectivity index (χ0v) is 14.7. The van der Waals surface area contributed by atoms with Crippen LogP contribution in [0, 0.1) is 0 Å². The van der Waals surface area contributed by atoms with E-state index in [9.17, 15) is 19.5 Å². The van der Waals surface area contributed by atoms with Crippen LogP contribution < -0.4 is 5.32 Å². The van der Waals surface area contributed by atoms with Gasteiger partial charge in [-0.05, 0) is 30.1 Å². The summed E-state index contributed by atoms with van der Waals surface area (Å²) in [6, 6.07) is 5.81. The molecule has 2 aliphatic rings. The fourth-order valence-corrected chi connectivity index (χ4v) is 4.94. The van der Waals surface area contributed by atoms with E-state index in [0.29, 0.717) is 23.5 Å². The van der Waals surface area contributed by atoms with Crippen LogP contribution in [-0.2, 0) is 9.59 Å². The molecule has 2 amide bonds. The first-order valence-corrected chi connectivity index (χ1v) is 10.0. The molecule has 3 atom stereocenters. The zero-order valence-electron chi connectivity index (χ0n) is 13.1. The summed E-state index contributed by atoms with van der Waals surface area (Å²) in [6.45, 7) is 0. The summed E-state index contributed by atoms with van der Waals surface area (Å²) >= 11 is 3.07. The number of rotatable bonds is 6. The molecule has 1 aromatic carbocycles. The van der Waals surface area contributed by atoms with Crippen molar-refractivity contribution in [2.45, 2.75) is 23.9 Å². The molecular weight excluding hydrogens is 348 g/mol. The van der Waals surface area contributed by atoms with Gasteiger partial charge in [-0.3, -0.25) is 9.59 Å². The van der Waals surface area contributed by atoms with Gasteiger partial charge >= 0.3 is 5.97 Å². The van der Waals surface area contributed by atoms with Crippen molar-refractivity contribution in [2.75, 3.05) is 17.8 Å². The highest BCUT2D eigenvalue weighted by Gasteiger charge is 2.48. The monoisotopic (exact) mass is 366 g/mol.